The molecule has 3 aromatic carbocycles. The number of piperidine rings is 1. The van der Waals surface area contributed by atoms with Crippen LogP contribution >= 0.6 is 36.4 Å². The van der Waals surface area contributed by atoms with E-state index >= 15 is 0 Å². The molecule has 5 nitrogen and oxygen atoms in total. The Morgan fingerprint density at radius 3 is 2.20 bits per heavy atom. The van der Waals surface area contributed by atoms with Gasteiger partial charge in [0.05, 0.1) is 0 Å². The molecule has 0 aliphatic carbocycles. The first-order chi connectivity index (χ1) is 18.8. The molecule has 1 fully saturated rings. The van der Waals surface area contributed by atoms with Crippen LogP contribution in [0.15, 0.2) is 72.9 Å². The van der Waals surface area contributed by atoms with E-state index in [9.17, 15) is 13.2 Å². The summed E-state index contributed by atoms with van der Waals surface area (Å²) in [7, 11) is 0. The van der Waals surface area contributed by atoms with Crippen LogP contribution in [0.4, 0.5) is 13.2 Å². The van der Waals surface area contributed by atoms with Crippen LogP contribution in [0.25, 0.3) is 22.0 Å². The Morgan fingerprint density at radius 2 is 1.56 bits per heavy atom. The zero-order chi connectivity index (χ0) is 27.4. The predicted octanol–water partition coefficient (Wildman–Crippen LogP) is 8.10. The van der Waals surface area contributed by atoms with Gasteiger partial charge in [-0.1, -0.05) is 29.8 Å². The smallest absolute Gasteiger partial charge is 0.490 e. The highest BCUT2D eigenvalue weighted by atomic mass is 35.5. The van der Waals surface area contributed by atoms with Crippen LogP contribution < -0.4 is 15.2 Å². The van der Waals surface area contributed by atoms with Gasteiger partial charge in [0.2, 0.25) is 0 Å². The van der Waals surface area contributed by atoms with Gasteiger partial charge in [-0.2, -0.15) is 0 Å². The number of hydrogen-bond acceptors (Lipinski definition) is 4. The lowest BCUT2D eigenvalue weighted by Crippen LogP contribution is -2.37. The summed E-state index contributed by atoms with van der Waals surface area (Å²) >= 11 is 5.97. The minimum Gasteiger partial charge on any atom is -0.490 e. The fourth-order valence-electron chi connectivity index (χ4n) is 5.10. The number of rotatable bonds is 9. The lowest BCUT2D eigenvalue weighted by Gasteiger charge is -2.32. The summed E-state index contributed by atoms with van der Waals surface area (Å²) in [4.78, 5) is 2.43. The predicted molar refractivity (Wildman–Crippen MR) is 163 cm³/mol. The second-order valence-electron chi connectivity index (χ2n) is 9.85. The van der Waals surface area contributed by atoms with Crippen LogP contribution in [0.5, 0.6) is 11.5 Å². The third-order valence-electron chi connectivity index (χ3n) is 7.00. The van der Waals surface area contributed by atoms with Crippen LogP contribution in [-0.4, -0.2) is 41.6 Å². The van der Waals surface area contributed by atoms with Gasteiger partial charge in [-0.15, -0.1) is 38.0 Å². The molecule has 0 atom stereocenters. The summed E-state index contributed by atoms with van der Waals surface area (Å²) in [5.41, 5.74) is 9.82. The first-order valence-electron chi connectivity index (χ1n) is 13.1. The summed E-state index contributed by atoms with van der Waals surface area (Å²) in [6.07, 6.45) is 0.234. The van der Waals surface area contributed by atoms with Gasteiger partial charge in [0.25, 0.3) is 0 Å². The number of nitrogens with two attached hydrogens (primary N) is 1. The summed E-state index contributed by atoms with van der Waals surface area (Å²) in [6, 6.07) is 20.0. The second kappa shape index (κ2) is 14.5. The molecule has 41 heavy (non-hydrogen) atoms. The Balaban J connectivity index is 0.00000231. The van der Waals surface area contributed by atoms with Crippen molar-refractivity contribution < 1.29 is 22.6 Å². The Bertz CT molecular complexity index is 1390. The third-order valence-corrected chi connectivity index (χ3v) is 7.26. The molecule has 0 radical (unpaired) electrons. The van der Waals surface area contributed by atoms with Gasteiger partial charge < -0.3 is 19.8 Å². The second-order valence-corrected chi connectivity index (χ2v) is 10.3. The molecule has 222 valence electrons. The van der Waals surface area contributed by atoms with E-state index in [4.69, 9.17) is 22.1 Å². The summed E-state index contributed by atoms with van der Waals surface area (Å²) < 4.78 is 50.2. The molecule has 11 heteroatoms. The first kappa shape index (κ1) is 32.9. The number of nitrogens with zero attached hydrogens (tertiary/aromatic N) is 2. The topological polar surface area (TPSA) is 52.7 Å². The first-order valence-corrected chi connectivity index (χ1v) is 13.5. The molecule has 5 rings (SSSR count). The van der Waals surface area contributed by atoms with Gasteiger partial charge in [0, 0.05) is 53.9 Å². The van der Waals surface area contributed by atoms with Crippen LogP contribution in [0, 0.1) is 0 Å². The summed E-state index contributed by atoms with van der Waals surface area (Å²) in [5, 5.41) is 1.76. The molecule has 1 saturated heterocycles. The van der Waals surface area contributed by atoms with Gasteiger partial charge in [0.1, 0.15) is 17.6 Å². The maximum absolute atomic E-state index is 12.6. The highest BCUT2D eigenvalue weighted by Gasteiger charge is 2.31. The average molecular weight is 631 g/mol. The van der Waals surface area contributed by atoms with E-state index in [1.54, 1.807) is 12.1 Å². The van der Waals surface area contributed by atoms with E-state index < -0.39 is 6.36 Å². The standard InChI is InChI=1S/C30H31ClF3N3O2.2ClH/c31-23-5-9-24(10-6-23)38-25-12-16-36(17-13-25)19-21-2-11-29-27(18-21)28(20-37(29)15-1-14-35)22-3-7-26(8-4-22)39-30(32,33)34;;/h2-11,18,20,25H,1,12-17,19,35H2;2*1H. The van der Waals surface area contributed by atoms with Crippen molar-refractivity contribution in [3.05, 3.63) is 83.5 Å². The van der Waals surface area contributed by atoms with Gasteiger partial charge in [0.15, 0.2) is 0 Å². The van der Waals surface area contributed by atoms with Crippen molar-refractivity contribution in [2.24, 2.45) is 5.73 Å². The molecule has 2 heterocycles. The SMILES string of the molecule is Cl.Cl.NCCCn1cc(-c2ccc(OC(F)(F)F)cc2)c2cc(CN3CCC(Oc4ccc(Cl)cc4)CC3)ccc21. The quantitative estimate of drug-likeness (QED) is 0.203. The van der Waals surface area contributed by atoms with Crippen molar-refractivity contribution >= 4 is 47.3 Å². The lowest BCUT2D eigenvalue weighted by molar-refractivity contribution is -0.274. The lowest BCUT2D eigenvalue weighted by atomic mass is 10.0. The van der Waals surface area contributed by atoms with E-state index in [0.717, 1.165) is 73.2 Å². The maximum atomic E-state index is 12.6. The van der Waals surface area contributed by atoms with E-state index in [0.29, 0.717) is 11.6 Å². The Hall–Kier alpha value is -2.62. The zero-order valence-electron chi connectivity index (χ0n) is 22.3. The highest BCUT2D eigenvalue weighted by Crippen LogP contribution is 2.34. The average Bonchev–Trinajstić information content (AvgIpc) is 3.27. The number of aromatic nitrogens is 1. The zero-order valence-corrected chi connectivity index (χ0v) is 24.7. The minimum absolute atomic E-state index is 0. The maximum Gasteiger partial charge on any atom is 0.573 e. The number of ether oxygens (including phenoxy) is 2. The fraction of sp³-hybridized carbons (Fsp3) is 0.333. The molecular formula is C30H33Cl3F3N3O2. The fourth-order valence-corrected chi connectivity index (χ4v) is 5.23. The highest BCUT2D eigenvalue weighted by molar-refractivity contribution is 6.30. The largest absolute Gasteiger partial charge is 0.573 e. The van der Waals surface area contributed by atoms with Crippen molar-refractivity contribution in [1.82, 2.24) is 9.47 Å². The molecule has 0 saturated carbocycles. The molecule has 4 aromatic rings. The molecule has 1 aliphatic heterocycles. The summed E-state index contributed by atoms with van der Waals surface area (Å²) in [6.45, 7) is 4.02. The molecular weight excluding hydrogens is 598 g/mol. The normalized spacial score (nSPS) is 14.4. The van der Waals surface area contributed by atoms with E-state index in [1.807, 2.05) is 24.3 Å². The molecule has 1 aliphatic rings. The number of likely N-dealkylation sites (tertiary alicyclic amines) is 1. The van der Waals surface area contributed by atoms with Crippen LogP contribution in [0.3, 0.4) is 0 Å². The van der Waals surface area contributed by atoms with Gasteiger partial charge in [-0.3, -0.25) is 4.90 Å². The monoisotopic (exact) mass is 629 g/mol. The van der Waals surface area contributed by atoms with E-state index in [-0.39, 0.29) is 36.7 Å². The van der Waals surface area contributed by atoms with Crippen molar-refractivity contribution in [2.75, 3.05) is 19.6 Å². The molecule has 1 aromatic heterocycles. The van der Waals surface area contributed by atoms with Gasteiger partial charge in [-0.05, 0) is 85.5 Å². The van der Waals surface area contributed by atoms with Crippen molar-refractivity contribution in [2.45, 2.75) is 44.8 Å². The molecule has 2 N–H and O–H groups in total. The minimum atomic E-state index is -4.72. The molecule has 0 bridgehead atoms. The van der Waals surface area contributed by atoms with Crippen molar-refractivity contribution in [3.8, 4) is 22.6 Å². The number of benzene rings is 3. The van der Waals surface area contributed by atoms with E-state index in [2.05, 4.69) is 38.6 Å². The van der Waals surface area contributed by atoms with E-state index in [1.165, 1.54) is 17.7 Å². The number of halogens is 6. The Labute approximate surface area is 255 Å². The third kappa shape index (κ3) is 8.69. The van der Waals surface area contributed by atoms with Crippen molar-refractivity contribution in [1.29, 1.82) is 0 Å². The van der Waals surface area contributed by atoms with Crippen molar-refractivity contribution in [3.63, 3.8) is 0 Å². The molecule has 0 spiro atoms. The number of aryl methyl sites for hydroxylation is 1. The Kier molecular flexibility index (Phi) is 11.6. The number of fused-ring (bicyclic) bond motifs is 1. The van der Waals surface area contributed by atoms with Crippen LogP contribution in [0.2, 0.25) is 5.02 Å². The molecule has 0 unspecified atom stereocenters. The van der Waals surface area contributed by atoms with Gasteiger partial charge >= 0.3 is 6.36 Å². The number of alkyl halides is 3. The van der Waals surface area contributed by atoms with Crippen LogP contribution in [0.1, 0.15) is 24.8 Å². The molecule has 0 amide bonds. The Morgan fingerprint density at radius 1 is 0.902 bits per heavy atom. The van der Waals surface area contributed by atoms with Gasteiger partial charge in [-0.25, -0.2) is 0 Å². The number of hydrogen-bond donors (Lipinski definition) is 1. The van der Waals surface area contributed by atoms with Crippen LogP contribution in [-0.2, 0) is 13.1 Å². The summed E-state index contributed by atoms with van der Waals surface area (Å²) in [5.74, 6) is 0.607.